The van der Waals surface area contributed by atoms with Gasteiger partial charge in [0.25, 0.3) is 5.91 Å². The zero-order valence-corrected chi connectivity index (χ0v) is 23.5. The number of hydrogen-bond donors (Lipinski definition) is 3. The molecule has 0 atom stereocenters. The van der Waals surface area contributed by atoms with Crippen molar-refractivity contribution in [2.24, 2.45) is 0 Å². The first-order chi connectivity index (χ1) is 19.6. The highest BCUT2D eigenvalue weighted by Crippen LogP contribution is 2.27. The Labute approximate surface area is 238 Å². The van der Waals surface area contributed by atoms with Gasteiger partial charge >= 0.3 is 6.03 Å². The van der Waals surface area contributed by atoms with Crippen LogP contribution in [0.4, 0.5) is 21.9 Å². The van der Waals surface area contributed by atoms with Crippen LogP contribution < -0.4 is 20.9 Å². The van der Waals surface area contributed by atoms with Gasteiger partial charge in [-0.05, 0) is 60.7 Å². The molecule has 0 spiro atoms. The summed E-state index contributed by atoms with van der Waals surface area (Å²) in [5.41, 5.74) is 5.41. The van der Waals surface area contributed by atoms with E-state index in [4.69, 9.17) is 0 Å². The van der Waals surface area contributed by atoms with Crippen LogP contribution >= 0.6 is 0 Å². The largest absolute Gasteiger partial charge is 0.368 e. The lowest BCUT2D eigenvalue weighted by atomic mass is 9.95. The summed E-state index contributed by atoms with van der Waals surface area (Å²) in [6, 6.07) is 24.0. The topological polar surface area (TPSA) is 76.7 Å². The molecule has 1 saturated heterocycles. The van der Waals surface area contributed by atoms with Crippen molar-refractivity contribution in [2.75, 3.05) is 41.7 Å². The maximum Gasteiger partial charge on any atom is 0.323 e. The highest BCUT2D eigenvalue weighted by atomic mass is 16.2. The van der Waals surface area contributed by atoms with Crippen molar-refractivity contribution >= 4 is 29.0 Å². The Morgan fingerprint density at radius 2 is 1.45 bits per heavy atom. The van der Waals surface area contributed by atoms with Crippen LogP contribution in [0, 0.1) is 0 Å². The Balaban J connectivity index is 1.28. The van der Waals surface area contributed by atoms with E-state index in [0.29, 0.717) is 11.3 Å². The minimum Gasteiger partial charge on any atom is -0.368 e. The lowest BCUT2D eigenvalue weighted by Gasteiger charge is -2.37. The fraction of sp³-hybridized carbons (Fsp3) is 0.394. The van der Waals surface area contributed by atoms with Gasteiger partial charge in [0.05, 0.1) is 5.56 Å². The second kappa shape index (κ2) is 13.5. The van der Waals surface area contributed by atoms with Crippen molar-refractivity contribution in [3.05, 3.63) is 89.5 Å². The van der Waals surface area contributed by atoms with E-state index < -0.39 is 0 Å². The van der Waals surface area contributed by atoms with Crippen LogP contribution in [0.2, 0.25) is 0 Å². The average Bonchev–Trinajstić information content (AvgIpc) is 2.99. The molecule has 3 aromatic rings. The molecule has 1 saturated carbocycles. The van der Waals surface area contributed by atoms with Crippen LogP contribution in [-0.4, -0.2) is 49.1 Å². The Kier molecular flexibility index (Phi) is 9.34. The monoisotopic (exact) mass is 539 g/mol. The molecule has 2 aliphatic rings. The van der Waals surface area contributed by atoms with E-state index >= 15 is 0 Å². The highest BCUT2D eigenvalue weighted by molar-refractivity contribution is 6.04. The lowest BCUT2D eigenvalue weighted by molar-refractivity contribution is 0.0928. The summed E-state index contributed by atoms with van der Waals surface area (Å²) in [5, 5.41) is 9.10. The fourth-order valence-electron chi connectivity index (χ4n) is 5.69. The zero-order chi connectivity index (χ0) is 27.7. The first kappa shape index (κ1) is 27.7. The predicted octanol–water partition coefficient (Wildman–Crippen LogP) is 6.28. The van der Waals surface area contributed by atoms with E-state index in [0.717, 1.165) is 76.2 Å². The number of nitrogens with zero attached hydrogens (tertiary/aromatic N) is 2. The third-order valence-electron chi connectivity index (χ3n) is 8.02. The van der Waals surface area contributed by atoms with Gasteiger partial charge in [-0.25, -0.2) is 4.79 Å². The molecule has 3 amide bonds. The van der Waals surface area contributed by atoms with Crippen molar-refractivity contribution in [2.45, 2.75) is 58.0 Å². The number of piperazine rings is 1. The molecule has 7 nitrogen and oxygen atoms in total. The second-order valence-electron chi connectivity index (χ2n) is 10.9. The Morgan fingerprint density at radius 3 is 2.15 bits per heavy atom. The van der Waals surface area contributed by atoms with Crippen molar-refractivity contribution in [3.8, 4) is 0 Å². The van der Waals surface area contributed by atoms with Crippen LogP contribution in [0.25, 0.3) is 0 Å². The van der Waals surface area contributed by atoms with E-state index in [1.165, 1.54) is 17.5 Å². The van der Waals surface area contributed by atoms with E-state index in [1.54, 1.807) is 0 Å². The average molecular weight is 540 g/mol. The SMILES string of the molecule is CCc1ccc(NC(=O)Nc2ccc(N3CCN(Cc4ccccc4)CC3)c(C(=O)NC3CCCCC3)c2)cc1. The number of benzene rings is 3. The van der Waals surface area contributed by atoms with Gasteiger partial charge in [-0.3, -0.25) is 9.69 Å². The summed E-state index contributed by atoms with van der Waals surface area (Å²) in [5.74, 6) is -0.0622. The third-order valence-corrected chi connectivity index (χ3v) is 8.02. The van der Waals surface area contributed by atoms with Gasteiger partial charge in [-0.2, -0.15) is 0 Å². The molecule has 1 aliphatic carbocycles. The van der Waals surface area contributed by atoms with Gasteiger partial charge < -0.3 is 20.9 Å². The first-order valence-corrected chi connectivity index (χ1v) is 14.7. The molecule has 0 aromatic heterocycles. The molecule has 0 radical (unpaired) electrons. The summed E-state index contributed by atoms with van der Waals surface area (Å²) in [4.78, 5) is 31.1. The molecule has 2 fully saturated rings. The number of aryl methyl sites for hydroxylation is 1. The van der Waals surface area contributed by atoms with Crippen LogP contribution in [0.3, 0.4) is 0 Å². The van der Waals surface area contributed by atoms with Crippen LogP contribution in [0.5, 0.6) is 0 Å². The van der Waals surface area contributed by atoms with Crippen LogP contribution in [0.15, 0.2) is 72.8 Å². The maximum absolute atomic E-state index is 13.6. The molecule has 0 bridgehead atoms. The van der Waals surface area contributed by atoms with Crippen molar-refractivity contribution in [1.82, 2.24) is 10.2 Å². The fourth-order valence-corrected chi connectivity index (χ4v) is 5.69. The van der Waals surface area contributed by atoms with Gasteiger partial charge in [-0.1, -0.05) is 68.7 Å². The van der Waals surface area contributed by atoms with E-state index in [2.05, 4.69) is 56.9 Å². The molecular weight excluding hydrogens is 498 g/mol. The van der Waals surface area contributed by atoms with Crippen LogP contribution in [0.1, 0.15) is 60.5 Å². The van der Waals surface area contributed by atoms with Crippen molar-refractivity contribution in [1.29, 1.82) is 0 Å². The van der Waals surface area contributed by atoms with Gasteiger partial charge in [-0.15, -0.1) is 0 Å². The minimum atomic E-state index is -0.329. The third kappa shape index (κ3) is 7.42. The molecular formula is C33H41N5O2. The van der Waals surface area contributed by atoms with E-state index in [1.807, 2.05) is 48.5 Å². The van der Waals surface area contributed by atoms with Gasteiger partial charge in [0.1, 0.15) is 0 Å². The molecule has 40 heavy (non-hydrogen) atoms. The number of carbonyl (C=O) groups is 2. The molecule has 7 heteroatoms. The number of urea groups is 1. The Bertz CT molecular complexity index is 1260. The zero-order valence-electron chi connectivity index (χ0n) is 23.5. The minimum absolute atomic E-state index is 0.0622. The summed E-state index contributed by atoms with van der Waals surface area (Å²) in [7, 11) is 0. The molecule has 3 N–H and O–H groups in total. The molecule has 210 valence electrons. The lowest BCUT2D eigenvalue weighted by Crippen LogP contribution is -2.46. The van der Waals surface area contributed by atoms with E-state index in [-0.39, 0.29) is 18.0 Å². The highest BCUT2D eigenvalue weighted by Gasteiger charge is 2.24. The predicted molar refractivity (Wildman–Crippen MR) is 163 cm³/mol. The number of nitrogens with one attached hydrogen (secondary N) is 3. The molecule has 1 heterocycles. The quantitative estimate of drug-likeness (QED) is 0.315. The standard InChI is InChI=1S/C33H41N5O2/c1-2-25-13-15-28(16-14-25)35-33(40)36-29-17-18-31(30(23-29)32(39)34-27-11-7-4-8-12-27)38-21-19-37(20-22-38)24-26-9-5-3-6-10-26/h3,5-6,9-10,13-18,23,27H,2,4,7-8,11-12,19-22,24H2,1H3,(H,34,39)(H2,35,36,40). The van der Waals surface area contributed by atoms with E-state index in [9.17, 15) is 9.59 Å². The smallest absolute Gasteiger partial charge is 0.323 e. The normalized spacial score (nSPS) is 16.4. The van der Waals surface area contributed by atoms with Crippen molar-refractivity contribution in [3.63, 3.8) is 0 Å². The van der Waals surface area contributed by atoms with Gasteiger partial charge in [0.15, 0.2) is 0 Å². The number of amides is 3. The number of carbonyl (C=O) groups excluding carboxylic acids is 2. The summed E-state index contributed by atoms with van der Waals surface area (Å²) in [6.45, 7) is 6.58. The first-order valence-electron chi connectivity index (χ1n) is 14.7. The Hall–Kier alpha value is -3.84. The van der Waals surface area contributed by atoms with Crippen molar-refractivity contribution < 1.29 is 9.59 Å². The molecule has 3 aromatic carbocycles. The Morgan fingerprint density at radius 1 is 0.775 bits per heavy atom. The van der Waals surface area contributed by atoms with Gasteiger partial charge in [0, 0.05) is 55.8 Å². The molecule has 0 unspecified atom stereocenters. The van der Waals surface area contributed by atoms with Crippen LogP contribution in [-0.2, 0) is 13.0 Å². The molecule has 1 aliphatic heterocycles. The number of rotatable bonds is 8. The molecule has 5 rings (SSSR count). The van der Waals surface area contributed by atoms with Gasteiger partial charge in [0.2, 0.25) is 0 Å². The summed E-state index contributed by atoms with van der Waals surface area (Å²) >= 11 is 0. The second-order valence-corrected chi connectivity index (χ2v) is 10.9. The summed E-state index contributed by atoms with van der Waals surface area (Å²) < 4.78 is 0. The number of anilines is 3. The summed E-state index contributed by atoms with van der Waals surface area (Å²) in [6.07, 6.45) is 6.55. The maximum atomic E-state index is 13.6. The number of hydrogen-bond acceptors (Lipinski definition) is 4.